The van der Waals surface area contributed by atoms with Gasteiger partial charge in [0.15, 0.2) is 0 Å². The summed E-state index contributed by atoms with van der Waals surface area (Å²) in [6.07, 6.45) is -0.279. The first kappa shape index (κ1) is 18.6. The number of amides is 1. The van der Waals surface area contributed by atoms with E-state index in [-0.39, 0.29) is 23.5 Å². The Morgan fingerprint density at radius 3 is 2.58 bits per heavy atom. The van der Waals surface area contributed by atoms with Crippen LogP contribution in [-0.2, 0) is 19.6 Å². The molecule has 26 heavy (non-hydrogen) atoms. The molecule has 0 aliphatic carbocycles. The van der Waals surface area contributed by atoms with Gasteiger partial charge in [0.05, 0.1) is 17.6 Å². The standard InChI is InChI=1S/C19H22N2O4S/c1-14-12-17(20-15(2)22)8-9-19(14)26(23,24)21-10-11-25-18(13-21)16-6-4-3-5-7-16/h3-9,12,18H,10-11,13H2,1-2H3,(H,20,22). The Morgan fingerprint density at radius 1 is 1.19 bits per heavy atom. The average molecular weight is 374 g/mol. The van der Waals surface area contributed by atoms with Gasteiger partial charge in [-0.25, -0.2) is 8.42 Å². The molecule has 0 spiro atoms. The summed E-state index contributed by atoms with van der Waals surface area (Å²) in [7, 11) is -3.64. The maximum absolute atomic E-state index is 13.1. The summed E-state index contributed by atoms with van der Waals surface area (Å²) in [5, 5.41) is 2.67. The van der Waals surface area contributed by atoms with Gasteiger partial charge in [-0.3, -0.25) is 4.79 Å². The number of rotatable bonds is 4. The first-order valence-electron chi connectivity index (χ1n) is 8.43. The minimum atomic E-state index is -3.64. The monoisotopic (exact) mass is 374 g/mol. The number of morpholine rings is 1. The Balaban J connectivity index is 1.84. The Bertz CT molecular complexity index is 897. The molecule has 3 rings (SSSR count). The van der Waals surface area contributed by atoms with E-state index in [0.29, 0.717) is 24.4 Å². The second-order valence-electron chi connectivity index (χ2n) is 6.29. The van der Waals surface area contributed by atoms with Gasteiger partial charge in [0.2, 0.25) is 15.9 Å². The van der Waals surface area contributed by atoms with E-state index < -0.39 is 10.0 Å². The Morgan fingerprint density at radius 2 is 1.92 bits per heavy atom. The van der Waals surface area contributed by atoms with Crippen molar-refractivity contribution >= 4 is 21.6 Å². The van der Waals surface area contributed by atoms with Crippen molar-refractivity contribution in [3.05, 3.63) is 59.7 Å². The quantitative estimate of drug-likeness (QED) is 0.893. The predicted octanol–water partition coefficient (Wildman–Crippen LogP) is 2.72. The van der Waals surface area contributed by atoms with Gasteiger partial charge in [-0.15, -0.1) is 0 Å². The van der Waals surface area contributed by atoms with Crippen LogP contribution >= 0.6 is 0 Å². The van der Waals surface area contributed by atoms with Crippen molar-refractivity contribution in [1.82, 2.24) is 4.31 Å². The zero-order valence-corrected chi connectivity index (χ0v) is 15.6. The fraction of sp³-hybridized carbons (Fsp3) is 0.316. The normalized spacial score (nSPS) is 18.5. The molecule has 1 aliphatic heterocycles. The molecule has 7 heteroatoms. The molecule has 138 valence electrons. The molecular formula is C19H22N2O4S. The molecule has 0 saturated carbocycles. The van der Waals surface area contributed by atoms with Crippen LogP contribution in [-0.4, -0.2) is 38.3 Å². The fourth-order valence-corrected chi connectivity index (χ4v) is 4.70. The number of benzene rings is 2. The molecule has 0 bridgehead atoms. The lowest BCUT2D eigenvalue weighted by Gasteiger charge is -2.32. The van der Waals surface area contributed by atoms with Crippen molar-refractivity contribution in [1.29, 1.82) is 0 Å². The van der Waals surface area contributed by atoms with Crippen LogP contribution in [0.25, 0.3) is 0 Å². The molecule has 1 N–H and O–H groups in total. The van der Waals surface area contributed by atoms with Crippen molar-refractivity contribution in [3.8, 4) is 0 Å². The van der Waals surface area contributed by atoms with Gasteiger partial charge in [-0.05, 0) is 36.2 Å². The Kier molecular flexibility index (Phi) is 5.41. The van der Waals surface area contributed by atoms with Crippen molar-refractivity contribution in [2.75, 3.05) is 25.0 Å². The zero-order chi connectivity index (χ0) is 18.7. The second-order valence-corrected chi connectivity index (χ2v) is 8.20. The number of sulfonamides is 1. The van der Waals surface area contributed by atoms with Gasteiger partial charge in [0.25, 0.3) is 0 Å². The molecule has 1 saturated heterocycles. The van der Waals surface area contributed by atoms with E-state index in [0.717, 1.165) is 5.56 Å². The highest BCUT2D eigenvalue weighted by atomic mass is 32.2. The van der Waals surface area contributed by atoms with Crippen LogP contribution in [0, 0.1) is 6.92 Å². The number of ether oxygens (including phenoxy) is 1. The minimum Gasteiger partial charge on any atom is -0.371 e. The number of carbonyl (C=O) groups is 1. The summed E-state index contributed by atoms with van der Waals surface area (Å²) < 4.78 is 33.4. The number of anilines is 1. The average Bonchev–Trinajstić information content (AvgIpc) is 2.62. The zero-order valence-electron chi connectivity index (χ0n) is 14.8. The maximum Gasteiger partial charge on any atom is 0.243 e. The topological polar surface area (TPSA) is 75.7 Å². The SMILES string of the molecule is CC(=O)Nc1ccc(S(=O)(=O)N2CCOC(c3ccccc3)C2)c(C)c1. The molecular weight excluding hydrogens is 352 g/mol. The highest BCUT2D eigenvalue weighted by molar-refractivity contribution is 7.89. The Hall–Kier alpha value is -2.22. The first-order valence-corrected chi connectivity index (χ1v) is 9.87. The summed E-state index contributed by atoms with van der Waals surface area (Å²) in [6, 6.07) is 14.4. The van der Waals surface area contributed by atoms with Crippen molar-refractivity contribution in [2.24, 2.45) is 0 Å². The van der Waals surface area contributed by atoms with E-state index >= 15 is 0 Å². The van der Waals surface area contributed by atoms with E-state index in [9.17, 15) is 13.2 Å². The number of carbonyl (C=O) groups excluding carboxylic acids is 1. The van der Waals surface area contributed by atoms with Gasteiger partial charge < -0.3 is 10.1 Å². The second kappa shape index (κ2) is 7.57. The van der Waals surface area contributed by atoms with Gasteiger partial charge in [0.1, 0.15) is 0 Å². The lowest BCUT2D eigenvalue weighted by molar-refractivity contribution is -0.114. The van der Waals surface area contributed by atoms with Crippen LogP contribution in [0.2, 0.25) is 0 Å². The molecule has 6 nitrogen and oxygen atoms in total. The van der Waals surface area contributed by atoms with E-state index in [1.54, 1.807) is 25.1 Å². The van der Waals surface area contributed by atoms with Crippen LogP contribution in [0.3, 0.4) is 0 Å². The van der Waals surface area contributed by atoms with E-state index in [1.165, 1.54) is 11.2 Å². The summed E-state index contributed by atoms with van der Waals surface area (Å²) in [4.78, 5) is 11.4. The molecule has 1 heterocycles. The lowest BCUT2D eigenvalue weighted by Crippen LogP contribution is -2.42. The van der Waals surface area contributed by atoms with E-state index in [4.69, 9.17) is 4.74 Å². The molecule has 0 radical (unpaired) electrons. The van der Waals surface area contributed by atoms with Gasteiger partial charge in [-0.2, -0.15) is 4.31 Å². The lowest BCUT2D eigenvalue weighted by atomic mass is 10.1. The third-order valence-electron chi connectivity index (χ3n) is 4.31. The van der Waals surface area contributed by atoms with Gasteiger partial charge in [0, 0.05) is 25.7 Å². The molecule has 0 aromatic heterocycles. The van der Waals surface area contributed by atoms with Gasteiger partial charge >= 0.3 is 0 Å². The van der Waals surface area contributed by atoms with E-state index in [1.807, 2.05) is 30.3 Å². The summed E-state index contributed by atoms with van der Waals surface area (Å²) >= 11 is 0. The molecule has 2 aromatic carbocycles. The Labute approximate surface area is 153 Å². The molecule has 1 aliphatic rings. The van der Waals surface area contributed by atoms with Crippen LogP contribution in [0.15, 0.2) is 53.4 Å². The van der Waals surface area contributed by atoms with Crippen LogP contribution in [0.4, 0.5) is 5.69 Å². The highest BCUT2D eigenvalue weighted by Gasteiger charge is 2.32. The third kappa shape index (κ3) is 3.95. The van der Waals surface area contributed by atoms with Crippen molar-refractivity contribution < 1.29 is 17.9 Å². The summed E-state index contributed by atoms with van der Waals surface area (Å²) in [5.74, 6) is -0.195. The first-order chi connectivity index (χ1) is 12.4. The van der Waals surface area contributed by atoms with Crippen molar-refractivity contribution in [3.63, 3.8) is 0 Å². The van der Waals surface area contributed by atoms with Crippen LogP contribution in [0.1, 0.15) is 24.2 Å². The van der Waals surface area contributed by atoms with Crippen LogP contribution < -0.4 is 5.32 Å². The molecule has 1 amide bonds. The van der Waals surface area contributed by atoms with E-state index in [2.05, 4.69) is 5.32 Å². The highest BCUT2D eigenvalue weighted by Crippen LogP contribution is 2.28. The number of hydrogen-bond donors (Lipinski definition) is 1. The number of hydrogen-bond acceptors (Lipinski definition) is 4. The smallest absolute Gasteiger partial charge is 0.243 e. The fourth-order valence-electron chi connectivity index (χ4n) is 3.07. The minimum absolute atomic E-state index is 0.195. The van der Waals surface area contributed by atoms with Crippen LogP contribution in [0.5, 0.6) is 0 Å². The number of aryl methyl sites for hydroxylation is 1. The largest absolute Gasteiger partial charge is 0.371 e. The number of nitrogens with zero attached hydrogens (tertiary/aromatic N) is 1. The number of nitrogens with one attached hydrogen (secondary N) is 1. The summed E-state index contributed by atoms with van der Waals surface area (Å²) in [6.45, 7) is 4.09. The molecule has 2 aromatic rings. The molecule has 1 fully saturated rings. The molecule has 1 atom stereocenters. The predicted molar refractivity (Wildman–Crippen MR) is 99.4 cm³/mol. The third-order valence-corrected chi connectivity index (χ3v) is 6.34. The van der Waals surface area contributed by atoms with Crippen molar-refractivity contribution in [2.45, 2.75) is 24.8 Å². The van der Waals surface area contributed by atoms with Gasteiger partial charge in [-0.1, -0.05) is 30.3 Å². The molecule has 1 unspecified atom stereocenters. The maximum atomic E-state index is 13.1. The summed E-state index contributed by atoms with van der Waals surface area (Å²) in [5.41, 5.74) is 2.14.